The van der Waals surface area contributed by atoms with Crippen LogP contribution in [0.3, 0.4) is 0 Å². The highest BCUT2D eigenvalue weighted by molar-refractivity contribution is 5.93. The number of rotatable bonds is 16. The molecule has 0 aliphatic carbocycles. The summed E-state index contributed by atoms with van der Waals surface area (Å²) in [5.41, 5.74) is 6.81. The third-order valence-electron chi connectivity index (χ3n) is 11.3. The third-order valence-corrected chi connectivity index (χ3v) is 11.3. The van der Waals surface area contributed by atoms with Crippen molar-refractivity contribution in [1.29, 1.82) is 0 Å². The Bertz CT molecular complexity index is 2340. The van der Waals surface area contributed by atoms with Crippen LogP contribution in [-0.4, -0.2) is 88.8 Å². The summed E-state index contributed by atoms with van der Waals surface area (Å²) in [6.07, 6.45) is 0.729. The van der Waals surface area contributed by atoms with E-state index >= 15 is 0 Å². The minimum Gasteiger partial charge on any atom is -0.506 e. The Hall–Kier alpha value is -6.02. The molecule has 0 radical (unpaired) electrons. The lowest BCUT2D eigenvalue weighted by molar-refractivity contribution is -0.131. The van der Waals surface area contributed by atoms with Gasteiger partial charge in [-0.15, -0.1) is 0 Å². The number of piperidine rings is 1. The second-order valence-electron chi connectivity index (χ2n) is 15.8. The number of aryl methyl sites for hydroxylation is 2. The highest BCUT2D eigenvalue weighted by atomic mass is 16.6. The number of benzene rings is 4. The number of hydrogen-bond donors (Lipinski definition) is 6. The van der Waals surface area contributed by atoms with Gasteiger partial charge in [0.2, 0.25) is 17.4 Å². The second-order valence-corrected chi connectivity index (χ2v) is 15.8. The van der Waals surface area contributed by atoms with Gasteiger partial charge in [0.05, 0.1) is 17.3 Å². The Morgan fingerprint density at radius 3 is 2.42 bits per heavy atom. The van der Waals surface area contributed by atoms with Crippen LogP contribution in [0.1, 0.15) is 61.0 Å². The average molecular weight is 817 g/mol. The molecule has 13 nitrogen and oxygen atoms in total. The zero-order chi connectivity index (χ0) is 42.8. The van der Waals surface area contributed by atoms with Crippen molar-refractivity contribution in [2.45, 2.75) is 65.2 Å². The lowest BCUT2D eigenvalue weighted by Gasteiger charge is -2.31. The summed E-state index contributed by atoms with van der Waals surface area (Å²) in [7, 11) is 1.77. The van der Waals surface area contributed by atoms with Crippen LogP contribution in [0.4, 0.5) is 16.2 Å². The molecule has 0 saturated carbocycles. The number of phenolic OH excluding ortho intramolecular Hbond substituents is 1. The number of carbonyl (C=O) groups is 3. The fraction of sp³-hybridized carbons (Fsp3) is 0.362. The predicted octanol–water partition coefficient (Wildman–Crippen LogP) is 6.87. The number of aliphatic hydroxyl groups excluding tert-OH is 1. The van der Waals surface area contributed by atoms with E-state index in [0.717, 1.165) is 46.6 Å². The van der Waals surface area contributed by atoms with E-state index in [1.165, 1.54) is 12.1 Å². The first-order chi connectivity index (χ1) is 28.9. The van der Waals surface area contributed by atoms with Gasteiger partial charge in [-0.25, -0.2) is 4.79 Å². The number of amides is 3. The van der Waals surface area contributed by atoms with Gasteiger partial charge in [-0.3, -0.25) is 19.7 Å². The van der Waals surface area contributed by atoms with E-state index in [0.29, 0.717) is 62.0 Å². The van der Waals surface area contributed by atoms with Crippen LogP contribution in [0, 0.1) is 19.8 Å². The maximum atomic E-state index is 13.2. The van der Waals surface area contributed by atoms with E-state index in [2.05, 4.69) is 25.8 Å². The molecule has 6 rings (SSSR count). The number of anilines is 2. The number of phenols is 1. The van der Waals surface area contributed by atoms with Crippen molar-refractivity contribution in [1.82, 2.24) is 20.1 Å². The van der Waals surface area contributed by atoms with Gasteiger partial charge in [-0.2, -0.15) is 0 Å². The third kappa shape index (κ3) is 11.4. The molecule has 60 heavy (non-hydrogen) atoms. The van der Waals surface area contributed by atoms with Gasteiger partial charge in [-0.05, 0) is 85.2 Å². The maximum Gasteiger partial charge on any atom is 0.411 e. The molecule has 1 fully saturated rings. The van der Waals surface area contributed by atoms with Gasteiger partial charge in [0.1, 0.15) is 11.9 Å². The van der Waals surface area contributed by atoms with Gasteiger partial charge >= 0.3 is 6.09 Å². The van der Waals surface area contributed by atoms with Gasteiger partial charge in [0.15, 0.2) is 0 Å². The highest BCUT2D eigenvalue weighted by Gasteiger charge is 2.24. The van der Waals surface area contributed by atoms with Crippen molar-refractivity contribution in [2.75, 3.05) is 50.4 Å². The standard InChI is InChI=1S/C47H56N6O7/c1-30(46(58)49-40-27-31(2)34(26-32(40)3)28-48-29-42(55)37-14-16-41(54)45-38(37)15-17-43(56)51-45)18-22-52(4)44(57)21-25-53-23-19-35(20-24-53)60-47(59)50-39-13-9-8-12-36(39)33-10-6-5-7-11-33/h5-17,26-27,30,35,42,48,54-55H,18-25,28-29H2,1-4H3,(H,49,58)(H,50,59)(H,51,56)/t30?,42-/m0/s1. The first kappa shape index (κ1) is 43.6. The minimum atomic E-state index is -0.878. The molecule has 5 aromatic rings. The molecule has 2 atom stereocenters. The molecule has 1 unspecified atom stereocenters. The number of aromatic amines is 1. The molecule has 6 N–H and O–H groups in total. The normalized spacial score (nSPS) is 14.3. The van der Waals surface area contributed by atoms with Crippen LogP contribution in [-0.2, 0) is 20.9 Å². The molecule has 1 aromatic heterocycles. The van der Waals surface area contributed by atoms with Gasteiger partial charge in [-0.1, -0.05) is 67.6 Å². The minimum absolute atomic E-state index is 0.0217. The second kappa shape index (κ2) is 20.3. The zero-order valence-electron chi connectivity index (χ0n) is 34.8. The maximum absolute atomic E-state index is 13.2. The molecule has 4 aromatic carbocycles. The Kier molecular flexibility index (Phi) is 14.7. The Morgan fingerprint density at radius 2 is 1.65 bits per heavy atom. The summed E-state index contributed by atoms with van der Waals surface area (Å²) in [4.78, 5) is 57.3. The van der Waals surface area contributed by atoms with E-state index in [9.17, 15) is 29.4 Å². The van der Waals surface area contributed by atoms with Crippen LogP contribution in [0.15, 0.2) is 95.8 Å². The highest BCUT2D eigenvalue weighted by Crippen LogP contribution is 2.30. The van der Waals surface area contributed by atoms with Crippen molar-refractivity contribution in [3.63, 3.8) is 0 Å². The number of aromatic nitrogens is 1. The SMILES string of the molecule is Cc1cc(NC(=O)C(C)CCN(C)C(=O)CCN2CCC(OC(=O)Nc3ccccc3-c3ccccc3)CC2)c(C)cc1CNC[C@H](O)c1ccc(O)c2[nH]c(=O)ccc12. The molecule has 0 bridgehead atoms. The van der Waals surface area contributed by atoms with E-state index < -0.39 is 12.2 Å². The Morgan fingerprint density at radius 1 is 0.917 bits per heavy atom. The molecule has 2 heterocycles. The average Bonchev–Trinajstić information content (AvgIpc) is 3.24. The molecule has 1 saturated heterocycles. The van der Waals surface area contributed by atoms with E-state index in [1.54, 1.807) is 24.1 Å². The topological polar surface area (TPSA) is 176 Å². The number of ether oxygens (including phenoxy) is 1. The van der Waals surface area contributed by atoms with E-state index in [4.69, 9.17) is 4.74 Å². The monoisotopic (exact) mass is 816 g/mol. The predicted molar refractivity (Wildman–Crippen MR) is 235 cm³/mol. The number of pyridine rings is 1. The van der Waals surface area contributed by atoms with Crippen molar-refractivity contribution < 1.29 is 29.3 Å². The fourth-order valence-electron chi connectivity index (χ4n) is 7.55. The molecule has 3 amide bonds. The molecular weight excluding hydrogens is 761 g/mol. The fourth-order valence-corrected chi connectivity index (χ4v) is 7.55. The van der Waals surface area contributed by atoms with Gasteiger partial charge in [0, 0.05) is 81.4 Å². The lowest BCUT2D eigenvalue weighted by Crippen LogP contribution is -2.40. The number of nitrogens with one attached hydrogen (secondary N) is 4. The van der Waals surface area contributed by atoms with Crippen LogP contribution in [0.5, 0.6) is 5.75 Å². The first-order valence-electron chi connectivity index (χ1n) is 20.6. The number of nitrogens with zero attached hydrogens (tertiary/aromatic N) is 2. The molecular formula is C47H56N6O7. The number of likely N-dealkylation sites (tertiary alicyclic amines) is 1. The zero-order valence-corrected chi connectivity index (χ0v) is 34.8. The largest absolute Gasteiger partial charge is 0.506 e. The smallest absolute Gasteiger partial charge is 0.411 e. The van der Waals surface area contributed by atoms with E-state index in [1.807, 2.05) is 87.5 Å². The number of carbonyl (C=O) groups excluding carboxylic acids is 3. The number of para-hydroxylation sites is 1. The van der Waals surface area contributed by atoms with Crippen LogP contribution < -0.4 is 21.5 Å². The van der Waals surface area contributed by atoms with Crippen molar-refractivity contribution in [2.24, 2.45) is 5.92 Å². The van der Waals surface area contributed by atoms with E-state index in [-0.39, 0.29) is 47.2 Å². The molecule has 0 spiro atoms. The van der Waals surface area contributed by atoms with Crippen LogP contribution >= 0.6 is 0 Å². The molecule has 316 valence electrons. The first-order valence-corrected chi connectivity index (χ1v) is 20.6. The number of fused-ring (bicyclic) bond motifs is 1. The number of aliphatic hydroxyl groups is 1. The Labute approximate surface area is 350 Å². The van der Waals surface area contributed by atoms with Gasteiger partial charge < -0.3 is 40.4 Å². The Balaban J connectivity index is 0.881. The van der Waals surface area contributed by atoms with Gasteiger partial charge in [0.25, 0.3) is 0 Å². The number of hydrogen-bond acceptors (Lipinski definition) is 9. The summed E-state index contributed by atoms with van der Waals surface area (Å²) < 4.78 is 5.77. The van der Waals surface area contributed by atoms with Crippen LogP contribution in [0.25, 0.3) is 22.0 Å². The lowest BCUT2D eigenvalue weighted by atomic mass is 10.0. The van der Waals surface area contributed by atoms with Crippen LogP contribution in [0.2, 0.25) is 0 Å². The summed E-state index contributed by atoms with van der Waals surface area (Å²) in [5, 5.41) is 31.0. The number of H-pyrrole nitrogens is 1. The molecule has 1 aliphatic rings. The quantitative estimate of drug-likeness (QED) is 0.0621. The van der Waals surface area contributed by atoms with Crippen molar-refractivity contribution >= 4 is 40.2 Å². The number of aromatic hydroxyl groups is 1. The summed E-state index contributed by atoms with van der Waals surface area (Å²) in [6.45, 7) is 9.04. The summed E-state index contributed by atoms with van der Waals surface area (Å²) >= 11 is 0. The molecule has 1 aliphatic heterocycles. The van der Waals surface area contributed by atoms with Crippen molar-refractivity contribution in [3.05, 3.63) is 124 Å². The summed E-state index contributed by atoms with van der Waals surface area (Å²) in [6, 6.07) is 27.6. The van der Waals surface area contributed by atoms with Crippen molar-refractivity contribution in [3.8, 4) is 16.9 Å². The molecule has 13 heteroatoms. The summed E-state index contributed by atoms with van der Waals surface area (Å²) in [5.74, 6) is -0.474.